The van der Waals surface area contributed by atoms with Gasteiger partial charge in [-0.15, -0.1) is 0 Å². The van der Waals surface area contributed by atoms with Gasteiger partial charge in [0.2, 0.25) is 11.8 Å². The molecule has 1 heterocycles. The Morgan fingerprint density at radius 3 is 2.48 bits per heavy atom. The topological polar surface area (TPSA) is 58.6 Å². The van der Waals surface area contributed by atoms with Crippen molar-refractivity contribution in [1.82, 2.24) is 10.2 Å². The van der Waals surface area contributed by atoms with Crippen LogP contribution in [0.1, 0.15) is 47.0 Å². The largest absolute Gasteiger partial charge is 0.379 e. The molecule has 2 rings (SSSR count). The first-order chi connectivity index (χ1) is 9.84. The Labute approximate surface area is 127 Å². The minimum atomic E-state index is -0.448. The molecule has 2 fully saturated rings. The van der Waals surface area contributed by atoms with E-state index in [1.54, 1.807) is 4.90 Å². The molecule has 0 bridgehead atoms. The van der Waals surface area contributed by atoms with Gasteiger partial charge in [-0.3, -0.25) is 9.59 Å². The molecule has 120 valence electrons. The Bertz CT molecular complexity index is 399. The highest BCUT2D eigenvalue weighted by molar-refractivity contribution is 5.97. The Balaban J connectivity index is 1.97. The number of piperazine rings is 1. The minimum absolute atomic E-state index is 0.0176. The number of ether oxygens (including phenoxy) is 1. The SMILES string of the molecule is CCC1C(=O)NC(C(C)(C)C)C(=O)N1CCOCC1CC1. The second kappa shape index (κ2) is 6.34. The van der Waals surface area contributed by atoms with Crippen molar-refractivity contribution in [3.05, 3.63) is 0 Å². The second-order valence-electron chi connectivity index (χ2n) is 7.28. The first-order valence-electron chi connectivity index (χ1n) is 8.03. The summed E-state index contributed by atoms with van der Waals surface area (Å²) in [4.78, 5) is 26.6. The van der Waals surface area contributed by atoms with E-state index in [1.165, 1.54) is 12.8 Å². The van der Waals surface area contributed by atoms with E-state index in [-0.39, 0.29) is 23.3 Å². The van der Waals surface area contributed by atoms with Crippen LogP contribution in [0.25, 0.3) is 0 Å². The summed E-state index contributed by atoms with van der Waals surface area (Å²) < 4.78 is 5.63. The third-order valence-electron chi connectivity index (χ3n) is 4.28. The van der Waals surface area contributed by atoms with Gasteiger partial charge < -0.3 is 15.0 Å². The molecule has 0 radical (unpaired) electrons. The Hall–Kier alpha value is -1.10. The summed E-state index contributed by atoms with van der Waals surface area (Å²) in [5.41, 5.74) is -0.279. The highest BCUT2D eigenvalue weighted by atomic mass is 16.5. The van der Waals surface area contributed by atoms with Crippen LogP contribution in [0.15, 0.2) is 0 Å². The van der Waals surface area contributed by atoms with Gasteiger partial charge in [-0.2, -0.15) is 0 Å². The van der Waals surface area contributed by atoms with Crippen LogP contribution in [0, 0.1) is 11.3 Å². The van der Waals surface area contributed by atoms with E-state index in [9.17, 15) is 9.59 Å². The molecule has 2 atom stereocenters. The van der Waals surface area contributed by atoms with Crippen molar-refractivity contribution in [3.8, 4) is 0 Å². The fourth-order valence-corrected chi connectivity index (χ4v) is 2.72. The summed E-state index contributed by atoms with van der Waals surface area (Å²) in [6.07, 6.45) is 3.15. The van der Waals surface area contributed by atoms with E-state index < -0.39 is 6.04 Å². The van der Waals surface area contributed by atoms with Crippen LogP contribution in [0.4, 0.5) is 0 Å². The fraction of sp³-hybridized carbons (Fsp3) is 0.875. The van der Waals surface area contributed by atoms with Crippen LogP contribution in [0.2, 0.25) is 0 Å². The molecule has 2 unspecified atom stereocenters. The zero-order chi connectivity index (χ0) is 15.6. The third kappa shape index (κ3) is 3.96. The smallest absolute Gasteiger partial charge is 0.246 e. The summed E-state index contributed by atoms with van der Waals surface area (Å²) >= 11 is 0. The first kappa shape index (κ1) is 16.3. The van der Waals surface area contributed by atoms with Gasteiger partial charge in [0.15, 0.2) is 0 Å². The lowest BCUT2D eigenvalue weighted by atomic mass is 9.83. The number of nitrogens with zero attached hydrogens (tertiary/aromatic N) is 1. The van der Waals surface area contributed by atoms with Gasteiger partial charge >= 0.3 is 0 Å². The summed E-state index contributed by atoms with van der Waals surface area (Å²) in [5.74, 6) is 0.692. The number of carbonyl (C=O) groups excluding carboxylic acids is 2. The van der Waals surface area contributed by atoms with E-state index in [1.807, 2.05) is 27.7 Å². The quantitative estimate of drug-likeness (QED) is 0.757. The lowest BCUT2D eigenvalue weighted by Gasteiger charge is -2.43. The number of amides is 2. The lowest BCUT2D eigenvalue weighted by molar-refractivity contribution is -0.153. The minimum Gasteiger partial charge on any atom is -0.379 e. The molecule has 21 heavy (non-hydrogen) atoms. The molecule has 5 heteroatoms. The Kier molecular flexibility index (Phi) is 4.91. The molecule has 1 saturated carbocycles. The monoisotopic (exact) mass is 296 g/mol. The molecular formula is C16H28N2O3. The predicted octanol–water partition coefficient (Wildman–Crippen LogP) is 1.56. The Morgan fingerprint density at radius 1 is 1.29 bits per heavy atom. The summed E-state index contributed by atoms with van der Waals surface area (Å²) in [6.45, 7) is 9.67. The van der Waals surface area contributed by atoms with Crippen molar-refractivity contribution in [2.75, 3.05) is 19.8 Å². The molecule has 2 aliphatic rings. The molecule has 1 N–H and O–H groups in total. The van der Waals surface area contributed by atoms with Crippen LogP contribution in [0.5, 0.6) is 0 Å². The van der Waals surface area contributed by atoms with Crippen molar-refractivity contribution in [2.24, 2.45) is 11.3 Å². The molecular weight excluding hydrogens is 268 g/mol. The normalized spacial score (nSPS) is 27.0. The van der Waals surface area contributed by atoms with E-state index >= 15 is 0 Å². The second-order valence-corrected chi connectivity index (χ2v) is 7.28. The zero-order valence-corrected chi connectivity index (χ0v) is 13.6. The number of hydrogen-bond donors (Lipinski definition) is 1. The van der Waals surface area contributed by atoms with E-state index in [0.29, 0.717) is 19.6 Å². The van der Waals surface area contributed by atoms with Crippen LogP contribution in [0.3, 0.4) is 0 Å². The highest BCUT2D eigenvalue weighted by Crippen LogP contribution is 2.29. The van der Waals surface area contributed by atoms with Crippen LogP contribution >= 0.6 is 0 Å². The summed E-state index contributed by atoms with van der Waals surface area (Å²) in [6, 6.07) is -0.808. The average molecular weight is 296 g/mol. The fourth-order valence-electron chi connectivity index (χ4n) is 2.72. The van der Waals surface area contributed by atoms with Crippen LogP contribution < -0.4 is 5.32 Å². The number of carbonyl (C=O) groups is 2. The molecule has 1 aliphatic carbocycles. The van der Waals surface area contributed by atoms with Gasteiger partial charge in [0, 0.05) is 13.2 Å². The zero-order valence-electron chi connectivity index (χ0n) is 13.6. The van der Waals surface area contributed by atoms with E-state index in [4.69, 9.17) is 4.74 Å². The summed E-state index contributed by atoms with van der Waals surface area (Å²) in [7, 11) is 0. The number of hydrogen-bond acceptors (Lipinski definition) is 3. The maximum Gasteiger partial charge on any atom is 0.246 e. The summed E-state index contributed by atoms with van der Waals surface area (Å²) in [5, 5.41) is 2.88. The Morgan fingerprint density at radius 2 is 1.95 bits per heavy atom. The standard InChI is InChI=1S/C16H28N2O3/c1-5-12-14(19)17-13(16(2,3)4)15(20)18(12)8-9-21-10-11-6-7-11/h11-13H,5-10H2,1-4H3,(H,17,19). The van der Waals surface area contributed by atoms with Gasteiger partial charge in [-0.25, -0.2) is 0 Å². The molecule has 0 spiro atoms. The van der Waals surface area contributed by atoms with Crippen LogP contribution in [-0.2, 0) is 14.3 Å². The maximum atomic E-state index is 12.7. The van der Waals surface area contributed by atoms with Gasteiger partial charge in [0.05, 0.1) is 6.61 Å². The maximum absolute atomic E-state index is 12.7. The van der Waals surface area contributed by atoms with Gasteiger partial charge in [0.1, 0.15) is 12.1 Å². The van der Waals surface area contributed by atoms with Gasteiger partial charge in [-0.05, 0) is 30.6 Å². The molecule has 2 amide bonds. The molecule has 0 aromatic carbocycles. The highest BCUT2D eigenvalue weighted by Gasteiger charge is 2.44. The van der Waals surface area contributed by atoms with Gasteiger partial charge in [0.25, 0.3) is 0 Å². The number of nitrogens with one attached hydrogen (secondary N) is 1. The van der Waals surface area contributed by atoms with Gasteiger partial charge in [-0.1, -0.05) is 27.7 Å². The van der Waals surface area contributed by atoms with Crippen molar-refractivity contribution in [3.63, 3.8) is 0 Å². The third-order valence-corrected chi connectivity index (χ3v) is 4.28. The molecule has 1 saturated heterocycles. The van der Waals surface area contributed by atoms with Crippen molar-refractivity contribution in [2.45, 2.75) is 59.0 Å². The number of rotatable bonds is 6. The molecule has 5 nitrogen and oxygen atoms in total. The van der Waals surface area contributed by atoms with Crippen molar-refractivity contribution < 1.29 is 14.3 Å². The van der Waals surface area contributed by atoms with E-state index in [2.05, 4.69) is 5.32 Å². The van der Waals surface area contributed by atoms with Crippen LogP contribution in [-0.4, -0.2) is 48.6 Å². The predicted molar refractivity (Wildman–Crippen MR) is 80.7 cm³/mol. The molecule has 0 aromatic heterocycles. The molecule has 0 aromatic rings. The average Bonchev–Trinajstić information content (AvgIpc) is 3.20. The van der Waals surface area contributed by atoms with Crippen molar-refractivity contribution >= 4 is 11.8 Å². The molecule has 1 aliphatic heterocycles. The van der Waals surface area contributed by atoms with Crippen molar-refractivity contribution in [1.29, 1.82) is 0 Å². The first-order valence-corrected chi connectivity index (χ1v) is 8.03. The van der Waals surface area contributed by atoms with E-state index in [0.717, 1.165) is 12.5 Å². The lowest BCUT2D eigenvalue weighted by Crippen LogP contribution is -2.66.